The smallest absolute Gasteiger partial charge is 0.224 e. The highest BCUT2D eigenvalue weighted by atomic mass is 16.2. The van der Waals surface area contributed by atoms with Gasteiger partial charge >= 0.3 is 0 Å². The molecule has 3 nitrogen and oxygen atoms in total. The van der Waals surface area contributed by atoms with Gasteiger partial charge in [-0.1, -0.05) is 12.1 Å². The molecule has 0 bridgehead atoms. The summed E-state index contributed by atoms with van der Waals surface area (Å²) in [5.41, 5.74) is 2.17. The molecular formula is C13H18N2O. The Balaban J connectivity index is 2.52. The van der Waals surface area contributed by atoms with Crippen molar-refractivity contribution in [3.8, 4) is 0 Å². The van der Waals surface area contributed by atoms with Crippen molar-refractivity contribution in [3.63, 3.8) is 0 Å². The zero-order valence-electron chi connectivity index (χ0n) is 10.1. The summed E-state index contributed by atoms with van der Waals surface area (Å²) < 4.78 is 0. The van der Waals surface area contributed by atoms with Crippen LogP contribution in [0.15, 0.2) is 24.3 Å². The van der Waals surface area contributed by atoms with E-state index in [0.29, 0.717) is 0 Å². The molecule has 0 fully saturated rings. The Morgan fingerprint density at radius 3 is 2.56 bits per heavy atom. The summed E-state index contributed by atoms with van der Waals surface area (Å²) in [4.78, 5) is 15.9. The van der Waals surface area contributed by atoms with Crippen LogP contribution in [0, 0.1) is 0 Å². The standard InChI is InChI=1S/C13H18N2O/c1-10-8-9-14(3)12-6-4-5-7-13(12)15(10)11(2)16/h4-7,10H,8-9H2,1-3H3. The molecule has 1 aliphatic rings. The third kappa shape index (κ3) is 1.77. The Morgan fingerprint density at radius 1 is 1.31 bits per heavy atom. The van der Waals surface area contributed by atoms with Gasteiger partial charge < -0.3 is 9.80 Å². The summed E-state index contributed by atoms with van der Waals surface area (Å²) in [5, 5.41) is 0. The van der Waals surface area contributed by atoms with Crippen LogP contribution in [-0.4, -0.2) is 25.5 Å². The molecule has 1 amide bonds. The van der Waals surface area contributed by atoms with Gasteiger partial charge in [-0.3, -0.25) is 4.79 Å². The minimum atomic E-state index is 0.121. The molecular weight excluding hydrogens is 200 g/mol. The number of amides is 1. The maximum absolute atomic E-state index is 11.7. The molecule has 16 heavy (non-hydrogen) atoms. The number of para-hydroxylation sites is 2. The Bertz CT molecular complexity index is 403. The molecule has 0 aromatic heterocycles. The van der Waals surface area contributed by atoms with Gasteiger partial charge in [-0.05, 0) is 25.5 Å². The average Bonchev–Trinajstić information content (AvgIpc) is 2.37. The topological polar surface area (TPSA) is 23.6 Å². The average molecular weight is 218 g/mol. The maximum atomic E-state index is 11.7. The Labute approximate surface area is 96.7 Å². The highest BCUT2D eigenvalue weighted by Gasteiger charge is 2.25. The van der Waals surface area contributed by atoms with Crippen molar-refractivity contribution in [1.82, 2.24) is 0 Å². The van der Waals surface area contributed by atoms with Gasteiger partial charge in [0.05, 0.1) is 11.4 Å². The van der Waals surface area contributed by atoms with Crippen LogP contribution >= 0.6 is 0 Å². The fraction of sp³-hybridized carbons (Fsp3) is 0.462. The fourth-order valence-electron chi connectivity index (χ4n) is 2.34. The molecule has 1 heterocycles. The highest BCUT2D eigenvalue weighted by Crippen LogP contribution is 2.33. The molecule has 3 heteroatoms. The van der Waals surface area contributed by atoms with Crippen LogP contribution in [0.25, 0.3) is 0 Å². The number of hydrogen-bond acceptors (Lipinski definition) is 2. The summed E-state index contributed by atoms with van der Waals surface area (Å²) in [5.74, 6) is 0.121. The zero-order valence-corrected chi connectivity index (χ0v) is 10.1. The second kappa shape index (κ2) is 4.16. The van der Waals surface area contributed by atoms with Crippen LogP contribution in [0.2, 0.25) is 0 Å². The molecule has 1 unspecified atom stereocenters. The van der Waals surface area contributed by atoms with E-state index in [1.165, 1.54) is 0 Å². The minimum Gasteiger partial charge on any atom is -0.373 e. The van der Waals surface area contributed by atoms with Gasteiger partial charge in [0.2, 0.25) is 5.91 Å². The molecule has 0 saturated carbocycles. The van der Waals surface area contributed by atoms with Crippen LogP contribution in [-0.2, 0) is 4.79 Å². The molecule has 0 radical (unpaired) electrons. The number of benzene rings is 1. The van der Waals surface area contributed by atoms with E-state index in [-0.39, 0.29) is 11.9 Å². The summed E-state index contributed by atoms with van der Waals surface area (Å²) in [6, 6.07) is 8.37. The van der Waals surface area contributed by atoms with Crippen LogP contribution in [0.3, 0.4) is 0 Å². The van der Waals surface area contributed by atoms with Crippen molar-refractivity contribution in [3.05, 3.63) is 24.3 Å². The monoisotopic (exact) mass is 218 g/mol. The SMILES string of the molecule is CC(=O)N1c2ccccc2N(C)CCC1C. The van der Waals surface area contributed by atoms with Gasteiger partial charge in [-0.15, -0.1) is 0 Å². The van der Waals surface area contributed by atoms with Crippen molar-refractivity contribution in [2.75, 3.05) is 23.4 Å². The molecule has 0 aliphatic carbocycles. The predicted octanol–water partition coefficient (Wildman–Crippen LogP) is 2.27. The molecule has 1 atom stereocenters. The summed E-state index contributed by atoms with van der Waals surface area (Å²) in [6.45, 7) is 4.73. The Kier molecular flexibility index (Phi) is 2.86. The quantitative estimate of drug-likeness (QED) is 0.667. The third-order valence-corrected chi connectivity index (χ3v) is 3.21. The zero-order chi connectivity index (χ0) is 11.7. The molecule has 1 aromatic rings. The van der Waals surface area contributed by atoms with Crippen LogP contribution in [0.5, 0.6) is 0 Å². The largest absolute Gasteiger partial charge is 0.373 e. The van der Waals surface area contributed by atoms with E-state index < -0.39 is 0 Å². The summed E-state index contributed by atoms with van der Waals surface area (Å²) in [7, 11) is 2.08. The lowest BCUT2D eigenvalue weighted by Crippen LogP contribution is -2.36. The van der Waals surface area contributed by atoms with E-state index in [1.54, 1.807) is 6.92 Å². The Morgan fingerprint density at radius 2 is 1.94 bits per heavy atom. The van der Waals surface area contributed by atoms with E-state index in [0.717, 1.165) is 24.3 Å². The van der Waals surface area contributed by atoms with Crippen molar-refractivity contribution >= 4 is 17.3 Å². The third-order valence-electron chi connectivity index (χ3n) is 3.21. The molecule has 0 spiro atoms. The number of carbonyl (C=O) groups excluding carboxylic acids is 1. The van der Waals surface area contributed by atoms with E-state index in [9.17, 15) is 4.79 Å². The number of rotatable bonds is 0. The molecule has 0 N–H and O–H groups in total. The first-order chi connectivity index (χ1) is 7.61. The molecule has 86 valence electrons. The second-order valence-electron chi connectivity index (χ2n) is 4.44. The van der Waals surface area contributed by atoms with E-state index in [1.807, 2.05) is 23.1 Å². The lowest BCUT2D eigenvalue weighted by atomic mass is 10.2. The lowest BCUT2D eigenvalue weighted by molar-refractivity contribution is -0.116. The molecule has 1 aromatic carbocycles. The maximum Gasteiger partial charge on any atom is 0.224 e. The second-order valence-corrected chi connectivity index (χ2v) is 4.44. The summed E-state index contributed by atoms with van der Waals surface area (Å²) in [6.07, 6.45) is 1.00. The minimum absolute atomic E-state index is 0.121. The van der Waals surface area contributed by atoms with Crippen LogP contribution < -0.4 is 9.80 Å². The van der Waals surface area contributed by atoms with Gasteiger partial charge in [-0.25, -0.2) is 0 Å². The van der Waals surface area contributed by atoms with Crippen molar-refractivity contribution in [2.45, 2.75) is 26.3 Å². The first-order valence-corrected chi connectivity index (χ1v) is 5.71. The summed E-state index contributed by atoms with van der Waals surface area (Å²) >= 11 is 0. The van der Waals surface area contributed by atoms with Crippen LogP contribution in [0.4, 0.5) is 11.4 Å². The van der Waals surface area contributed by atoms with E-state index >= 15 is 0 Å². The fourth-order valence-corrected chi connectivity index (χ4v) is 2.34. The number of anilines is 2. The Hall–Kier alpha value is -1.51. The highest BCUT2D eigenvalue weighted by molar-refractivity contribution is 5.96. The molecule has 1 aliphatic heterocycles. The van der Waals surface area contributed by atoms with Gasteiger partial charge in [0.1, 0.15) is 0 Å². The van der Waals surface area contributed by atoms with E-state index in [4.69, 9.17) is 0 Å². The van der Waals surface area contributed by atoms with Crippen LogP contribution in [0.1, 0.15) is 20.3 Å². The van der Waals surface area contributed by atoms with Crippen molar-refractivity contribution in [1.29, 1.82) is 0 Å². The number of fused-ring (bicyclic) bond motifs is 1. The van der Waals surface area contributed by atoms with Crippen molar-refractivity contribution in [2.24, 2.45) is 0 Å². The van der Waals surface area contributed by atoms with Gasteiger partial charge in [0, 0.05) is 26.6 Å². The van der Waals surface area contributed by atoms with Gasteiger partial charge in [0.15, 0.2) is 0 Å². The van der Waals surface area contributed by atoms with Gasteiger partial charge in [0.25, 0.3) is 0 Å². The lowest BCUT2D eigenvalue weighted by Gasteiger charge is -2.27. The predicted molar refractivity (Wildman–Crippen MR) is 67.0 cm³/mol. The number of nitrogens with zero attached hydrogens (tertiary/aromatic N) is 2. The van der Waals surface area contributed by atoms with Gasteiger partial charge in [-0.2, -0.15) is 0 Å². The normalized spacial score (nSPS) is 20.3. The van der Waals surface area contributed by atoms with E-state index in [2.05, 4.69) is 24.9 Å². The number of carbonyl (C=O) groups is 1. The molecule has 0 saturated heterocycles. The number of hydrogen-bond donors (Lipinski definition) is 0. The first-order valence-electron chi connectivity index (χ1n) is 5.71. The van der Waals surface area contributed by atoms with Crippen molar-refractivity contribution < 1.29 is 4.79 Å². The molecule has 2 rings (SSSR count). The first kappa shape index (κ1) is 11.0.